The van der Waals surface area contributed by atoms with Crippen LogP contribution in [0.25, 0.3) is 0 Å². The van der Waals surface area contributed by atoms with E-state index in [2.05, 4.69) is 31.4 Å². The van der Waals surface area contributed by atoms with Crippen LogP contribution in [0.5, 0.6) is 0 Å². The largest absolute Gasteiger partial charge is 0.382 e. The summed E-state index contributed by atoms with van der Waals surface area (Å²) >= 11 is 0. The fourth-order valence-electron chi connectivity index (χ4n) is 2.20. The number of amides is 1. The summed E-state index contributed by atoms with van der Waals surface area (Å²) in [6, 6.07) is 6.20. The van der Waals surface area contributed by atoms with E-state index in [1.165, 1.54) is 0 Å². The zero-order valence-electron chi connectivity index (χ0n) is 12.0. The maximum absolute atomic E-state index is 11.7. The molecule has 18 heavy (non-hydrogen) atoms. The highest BCUT2D eigenvalue weighted by Gasteiger charge is 2.12. The molecule has 100 valence electrons. The van der Waals surface area contributed by atoms with Crippen molar-refractivity contribution in [2.24, 2.45) is 5.92 Å². The number of carbonyl (C=O) groups excluding carboxylic acids is 1. The quantitative estimate of drug-likeness (QED) is 0.840. The molecule has 0 aliphatic carbocycles. The molecule has 0 radical (unpaired) electrons. The van der Waals surface area contributed by atoms with Gasteiger partial charge < -0.3 is 10.6 Å². The molecule has 0 saturated heterocycles. The normalized spacial score (nSPS) is 12.3. The van der Waals surface area contributed by atoms with Gasteiger partial charge in [0.1, 0.15) is 0 Å². The van der Waals surface area contributed by atoms with Crippen LogP contribution in [0, 0.1) is 12.8 Å². The molecule has 1 amide bonds. The van der Waals surface area contributed by atoms with Crippen molar-refractivity contribution in [3.8, 4) is 0 Å². The molecule has 3 nitrogen and oxygen atoms in total. The number of rotatable bonds is 5. The van der Waals surface area contributed by atoms with Crippen molar-refractivity contribution >= 4 is 11.6 Å². The molecule has 0 aromatic heterocycles. The Balaban J connectivity index is 2.87. The van der Waals surface area contributed by atoms with E-state index in [9.17, 15) is 4.79 Å². The van der Waals surface area contributed by atoms with E-state index in [-0.39, 0.29) is 5.91 Å². The van der Waals surface area contributed by atoms with Gasteiger partial charge in [0, 0.05) is 24.3 Å². The summed E-state index contributed by atoms with van der Waals surface area (Å²) in [6.45, 7) is 8.58. The lowest BCUT2D eigenvalue weighted by Crippen LogP contribution is -2.21. The molecule has 0 fully saturated rings. The molecule has 1 atom stereocenters. The number of nitrogens with one attached hydrogen (secondary N) is 2. The Morgan fingerprint density at radius 3 is 2.50 bits per heavy atom. The molecule has 0 aliphatic heterocycles. The summed E-state index contributed by atoms with van der Waals surface area (Å²) in [5.74, 6) is 0.627. The van der Waals surface area contributed by atoms with E-state index in [0.29, 0.717) is 12.0 Å². The highest BCUT2D eigenvalue weighted by Crippen LogP contribution is 2.21. The van der Waals surface area contributed by atoms with Crippen LogP contribution in [0.2, 0.25) is 0 Å². The average molecular weight is 248 g/mol. The minimum absolute atomic E-state index is 0.0346. The highest BCUT2D eigenvalue weighted by atomic mass is 16.1. The Hall–Kier alpha value is -1.51. The molecule has 0 aliphatic rings. The summed E-state index contributed by atoms with van der Waals surface area (Å²) in [6.07, 6.45) is 1.11. The first-order valence-corrected chi connectivity index (χ1v) is 6.54. The number of hydrogen-bond acceptors (Lipinski definition) is 2. The summed E-state index contributed by atoms with van der Waals surface area (Å²) in [7, 11) is 1.66. The van der Waals surface area contributed by atoms with Crippen molar-refractivity contribution in [2.75, 3.05) is 12.4 Å². The smallest absolute Gasteiger partial charge is 0.251 e. The lowest BCUT2D eigenvalue weighted by atomic mass is 10.0. The summed E-state index contributed by atoms with van der Waals surface area (Å²) in [5.41, 5.74) is 2.79. The van der Waals surface area contributed by atoms with Crippen molar-refractivity contribution in [3.63, 3.8) is 0 Å². The predicted octanol–water partition coefficient (Wildman–Crippen LogP) is 3.20. The second kappa shape index (κ2) is 6.43. The summed E-state index contributed by atoms with van der Waals surface area (Å²) < 4.78 is 0. The van der Waals surface area contributed by atoms with Gasteiger partial charge in [-0.1, -0.05) is 19.9 Å². The fraction of sp³-hybridized carbons (Fsp3) is 0.533. The molecular formula is C15H24N2O. The minimum Gasteiger partial charge on any atom is -0.382 e. The molecule has 0 heterocycles. The van der Waals surface area contributed by atoms with E-state index in [0.717, 1.165) is 23.2 Å². The third-order valence-electron chi connectivity index (χ3n) is 3.03. The number of hydrogen-bond donors (Lipinski definition) is 2. The van der Waals surface area contributed by atoms with Crippen LogP contribution >= 0.6 is 0 Å². The van der Waals surface area contributed by atoms with Crippen LogP contribution in [0.15, 0.2) is 18.2 Å². The van der Waals surface area contributed by atoms with Crippen LogP contribution in [0.3, 0.4) is 0 Å². The zero-order chi connectivity index (χ0) is 13.7. The Morgan fingerprint density at radius 1 is 1.28 bits per heavy atom. The van der Waals surface area contributed by atoms with Crippen LogP contribution in [0.4, 0.5) is 5.69 Å². The van der Waals surface area contributed by atoms with Gasteiger partial charge in [-0.25, -0.2) is 0 Å². The van der Waals surface area contributed by atoms with Gasteiger partial charge in [0.25, 0.3) is 5.91 Å². The van der Waals surface area contributed by atoms with E-state index >= 15 is 0 Å². The van der Waals surface area contributed by atoms with Crippen molar-refractivity contribution in [1.82, 2.24) is 5.32 Å². The number of benzene rings is 1. The van der Waals surface area contributed by atoms with E-state index < -0.39 is 0 Å². The van der Waals surface area contributed by atoms with Crippen LogP contribution < -0.4 is 10.6 Å². The number of anilines is 1. The third kappa shape index (κ3) is 3.76. The maximum Gasteiger partial charge on any atom is 0.251 e. The van der Waals surface area contributed by atoms with Crippen molar-refractivity contribution in [1.29, 1.82) is 0 Å². The van der Waals surface area contributed by atoms with E-state index in [4.69, 9.17) is 0 Å². The average Bonchev–Trinajstić information content (AvgIpc) is 2.30. The first-order chi connectivity index (χ1) is 8.45. The van der Waals surface area contributed by atoms with Crippen molar-refractivity contribution in [3.05, 3.63) is 29.3 Å². The highest BCUT2D eigenvalue weighted by molar-refractivity contribution is 5.96. The maximum atomic E-state index is 11.7. The van der Waals surface area contributed by atoms with Gasteiger partial charge in [0.05, 0.1) is 0 Å². The molecular weight excluding hydrogens is 224 g/mol. The Morgan fingerprint density at radius 2 is 1.94 bits per heavy atom. The molecule has 3 heteroatoms. The first-order valence-electron chi connectivity index (χ1n) is 6.54. The second-order valence-electron chi connectivity index (χ2n) is 5.23. The standard InChI is InChI=1S/C15H24N2O/c1-10(2)9-11(3)17-14-8-6-7-13(12(14)4)15(18)16-5/h6-8,10-11,17H,9H2,1-5H3,(H,16,18). The Kier molecular flexibility index (Phi) is 5.20. The second-order valence-corrected chi connectivity index (χ2v) is 5.23. The minimum atomic E-state index is -0.0346. The SMILES string of the molecule is CNC(=O)c1cccc(NC(C)CC(C)C)c1C. The van der Waals surface area contributed by atoms with E-state index in [1.807, 2.05) is 25.1 Å². The monoisotopic (exact) mass is 248 g/mol. The summed E-state index contributed by atoms with van der Waals surface area (Å²) in [5, 5.41) is 6.15. The van der Waals surface area contributed by atoms with Gasteiger partial charge in [0.15, 0.2) is 0 Å². The predicted molar refractivity (Wildman–Crippen MR) is 77.1 cm³/mol. The molecule has 1 rings (SSSR count). The third-order valence-corrected chi connectivity index (χ3v) is 3.03. The Labute approximate surface area is 110 Å². The van der Waals surface area contributed by atoms with Crippen LogP contribution in [-0.4, -0.2) is 19.0 Å². The first kappa shape index (κ1) is 14.6. The molecule has 0 saturated carbocycles. The lowest BCUT2D eigenvalue weighted by Gasteiger charge is -2.19. The zero-order valence-corrected chi connectivity index (χ0v) is 12.0. The van der Waals surface area contributed by atoms with Crippen molar-refractivity contribution in [2.45, 2.75) is 40.2 Å². The molecule has 1 aromatic carbocycles. The van der Waals surface area contributed by atoms with Gasteiger partial charge in [-0.3, -0.25) is 4.79 Å². The van der Waals surface area contributed by atoms with Gasteiger partial charge in [-0.2, -0.15) is 0 Å². The van der Waals surface area contributed by atoms with Crippen LogP contribution in [0.1, 0.15) is 43.1 Å². The molecule has 0 spiro atoms. The van der Waals surface area contributed by atoms with Gasteiger partial charge in [-0.05, 0) is 43.9 Å². The van der Waals surface area contributed by atoms with E-state index in [1.54, 1.807) is 7.05 Å². The molecule has 1 unspecified atom stereocenters. The van der Waals surface area contributed by atoms with Crippen molar-refractivity contribution < 1.29 is 4.79 Å². The van der Waals surface area contributed by atoms with Gasteiger partial charge >= 0.3 is 0 Å². The fourth-order valence-corrected chi connectivity index (χ4v) is 2.20. The van der Waals surface area contributed by atoms with Crippen LogP contribution in [-0.2, 0) is 0 Å². The molecule has 0 bridgehead atoms. The number of carbonyl (C=O) groups is 1. The summed E-state index contributed by atoms with van der Waals surface area (Å²) in [4.78, 5) is 11.7. The Bertz CT molecular complexity index is 413. The molecule has 1 aromatic rings. The topological polar surface area (TPSA) is 41.1 Å². The van der Waals surface area contributed by atoms with Gasteiger partial charge in [0.2, 0.25) is 0 Å². The lowest BCUT2D eigenvalue weighted by molar-refractivity contribution is 0.0962. The van der Waals surface area contributed by atoms with Gasteiger partial charge in [-0.15, -0.1) is 0 Å². The molecule has 2 N–H and O–H groups in total.